The SMILES string of the molecule is Cc1cccc2[nH]c(CCCO)nc12. The molecule has 1 heterocycles. The molecule has 2 N–H and O–H groups in total. The Bertz CT molecular complexity index is 434. The average molecular weight is 190 g/mol. The van der Waals surface area contributed by atoms with Crippen LogP contribution >= 0.6 is 0 Å². The molecule has 0 atom stereocenters. The molecule has 0 unspecified atom stereocenters. The molecule has 2 aromatic rings. The summed E-state index contributed by atoms with van der Waals surface area (Å²) in [5.41, 5.74) is 3.31. The third kappa shape index (κ3) is 1.63. The van der Waals surface area contributed by atoms with Crippen molar-refractivity contribution >= 4 is 11.0 Å². The molecule has 0 radical (unpaired) electrons. The predicted octanol–water partition coefficient (Wildman–Crippen LogP) is 1.80. The van der Waals surface area contributed by atoms with E-state index in [9.17, 15) is 0 Å². The van der Waals surface area contributed by atoms with Crippen LogP contribution < -0.4 is 0 Å². The van der Waals surface area contributed by atoms with E-state index in [1.807, 2.05) is 12.1 Å². The minimum absolute atomic E-state index is 0.218. The largest absolute Gasteiger partial charge is 0.396 e. The summed E-state index contributed by atoms with van der Waals surface area (Å²) in [4.78, 5) is 7.73. The van der Waals surface area contributed by atoms with Gasteiger partial charge in [0.2, 0.25) is 0 Å². The van der Waals surface area contributed by atoms with Crippen molar-refractivity contribution in [3.63, 3.8) is 0 Å². The first-order valence-electron chi connectivity index (χ1n) is 4.86. The van der Waals surface area contributed by atoms with Crippen molar-refractivity contribution in [3.8, 4) is 0 Å². The molecule has 0 amide bonds. The van der Waals surface area contributed by atoms with Crippen LogP contribution in [0, 0.1) is 6.92 Å². The Hall–Kier alpha value is -1.35. The number of aromatic nitrogens is 2. The average Bonchev–Trinajstić information content (AvgIpc) is 2.59. The van der Waals surface area contributed by atoms with Crippen molar-refractivity contribution in [2.24, 2.45) is 0 Å². The van der Waals surface area contributed by atoms with Crippen LogP contribution in [-0.4, -0.2) is 21.7 Å². The lowest BCUT2D eigenvalue weighted by Crippen LogP contribution is -1.91. The summed E-state index contributed by atoms with van der Waals surface area (Å²) in [6, 6.07) is 6.10. The molecule has 3 nitrogen and oxygen atoms in total. The number of nitrogens with zero attached hydrogens (tertiary/aromatic N) is 1. The molecule has 14 heavy (non-hydrogen) atoms. The number of imidazole rings is 1. The Morgan fingerprint density at radius 1 is 1.43 bits per heavy atom. The Morgan fingerprint density at radius 3 is 3.00 bits per heavy atom. The van der Waals surface area contributed by atoms with Gasteiger partial charge in [0, 0.05) is 13.0 Å². The van der Waals surface area contributed by atoms with Crippen LogP contribution in [0.3, 0.4) is 0 Å². The summed E-state index contributed by atoms with van der Waals surface area (Å²) < 4.78 is 0. The number of benzene rings is 1. The Labute approximate surface area is 82.8 Å². The molecule has 0 spiro atoms. The van der Waals surface area contributed by atoms with Crippen molar-refractivity contribution in [2.45, 2.75) is 19.8 Å². The van der Waals surface area contributed by atoms with Crippen molar-refractivity contribution in [2.75, 3.05) is 6.61 Å². The molecule has 0 saturated heterocycles. The molecule has 0 fully saturated rings. The van der Waals surface area contributed by atoms with Gasteiger partial charge in [0.25, 0.3) is 0 Å². The highest BCUT2D eigenvalue weighted by atomic mass is 16.2. The molecule has 1 aromatic heterocycles. The van der Waals surface area contributed by atoms with Gasteiger partial charge < -0.3 is 10.1 Å². The highest BCUT2D eigenvalue weighted by molar-refractivity contribution is 5.78. The molecule has 0 aliphatic heterocycles. The second-order valence-electron chi connectivity index (χ2n) is 3.48. The molecule has 1 aromatic carbocycles. The zero-order valence-corrected chi connectivity index (χ0v) is 8.25. The summed E-state index contributed by atoms with van der Waals surface area (Å²) >= 11 is 0. The van der Waals surface area contributed by atoms with Crippen LogP contribution in [0.25, 0.3) is 11.0 Å². The van der Waals surface area contributed by atoms with Crippen LogP contribution in [0.5, 0.6) is 0 Å². The van der Waals surface area contributed by atoms with Gasteiger partial charge in [0.1, 0.15) is 5.82 Å². The molecule has 0 aliphatic rings. The van der Waals surface area contributed by atoms with E-state index in [0.717, 1.165) is 29.7 Å². The van der Waals surface area contributed by atoms with Gasteiger partial charge >= 0.3 is 0 Å². The molecule has 0 aliphatic carbocycles. The van der Waals surface area contributed by atoms with E-state index in [-0.39, 0.29) is 6.61 Å². The minimum atomic E-state index is 0.218. The van der Waals surface area contributed by atoms with Gasteiger partial charge in [-0.2, -0.15) is 0 Å². The smallest absolute Gasteiger partial charge is 0.107 e. The third-order valence-electron chi connectivity index (χ3n) is 2.34. The second-order valence-corrected chi connectivity index (χ2v) is 3.48. The number of aliphatic hydroxyl groups excluding tert-OH is 1. The number of fused-ring (bicyclic) bond motifs is 1. The van der Waals surface area contributed by atoms with Crippen LogP contribution in [0.1, 0.15) is 17.8 Å². The second kappa shape index (κ2) is 3.80. The number of rotatable bonds is 3. The van der Waals surface area contributed by atoms with E-state index in [1.54, 1.807) is 0 Å². The summed E-state index contributed by atoms with van der Waals surface area (Å²) in [6.07, 6.45) is 1.57. The van der Waals surface area contributed by atoms with Crippen molar-refractivity contribution in [3.05, 3.63) is 29.6 Å². The summed E-state index contributed by atoms with van der Waals surface area (Å²) in [5, 5.41) is 8.72. The quantitative estimate of drug-likeness (QED) is 0.775. The molecule has 0 bridgehead atoms. The topological polar surface area (TPSA) is 48.9 Å². The molecule has 3 heteroatoms. The number of nitrogens with one attached hydrogen (secondary N) is 1. The molecule has 74 valence electrons. The monoisotopic (exact) mass is 190 g/mol. The third-order valence-corrected chi connectivity index (χ3v) is 2.34. The van der Waals surface area contributed by atoms with E-state index in [2.05, 4.69) is 23.0 Å². The normalized spacial score (nSPS) is 11.0. The maximum absolute atomic E-state index is 8.72. The molecular formula is C11H14N2O. The van der Waals surface area contributed by atoms with Crippen LogP contribution in [0.2, 0.25) is 0 Å². The van der Waals surface area contributed by atoms with E-state index in [1.165, 1.54) is 5.56 Å². The lowest BCUT2D eigenvalue weighted by atomic mass is 10.2. The molecular weight excluding hydrogens is 176 g/mol. The standard InChI is InChI=1S/C11H14N2O/c1-8-4-2-5-9-11(8)13-10(12-9)6-3-7-14/h2,4-5,14H,3,6-7H2,1H3,(H,12,13). The van der Waals surface area contributed by atoms with Gasteiger partial charge in [-0.25, -0.2) is 4.98 Å². The van der Waals surface area contributed by atoms with E-state index in [4.69, 9.17) is 5.11 Å². The zero-order chi connectivity index (χ0) is 9.97. The van der Waals surface area contributed by atoms with Crippen LogP contribution in [0.4, 0.5) is 0 Å². The lowest BCUT2D eigenvalue weighted by Gasteiger charge is -1.90. The fourth-order valence-electron chi connectivity index (χ4n) is 1.59. The number of aliphatic hydroxyl groups is 1. The number of hydrogen-bond donors (Lipinski definition) is 2. The summed E-state index contributed by atoms with van der Waals surface area (Å²) in [6.45, 7) is 2.27. The fourth-order valence-corrected chi connectivity index (χ4v) is 1.59. The minimum Gasteiger partial charge on any atom is -0.396 e. The first-order valence-corrected chi connectivity index (χ1v) is 4.86. The van der Waals surface area contributed by atoms with Crippen LogP contribution in [0.15, 0.2) is 18.2 Å². The van der Waals surface area contributed by atoms with E-state index in [0.29, 0.717) is 0 Å². The van der Waals surface area contributed by atoms with Crippen molar-refractivity contribution < 1.29 is 5.11 Å². The maximum Gasteiger partial charge on any atom is 0.107 e. The highest BCUT2D eigenvalue weighted by Crippen LogP contribution is 2.15. The van der Waals surface area contributed by atoms with Gasteiger partial charge in [0.05, 0.1) is 11.0 Å². The lowest BCUT2D eigenvalue weighted by molar-refractivity contribution is 0.287. The number of aryl methyl sites for hydroxylation is 2. The number of H-pyrrole nitrogens is 1. The Kier molecular flexibility index (Phi) is 2.50. The number of aromatic amines is 1. The Balaban J connectivity index is 2.36. The fraction of sp³-hybridized carbons (Fsp3) is 0.364. The maximum atomic E-state index is 8.72. The van der Waals surface area contributed by atoms with Gasteiger partial charge in [-0.3, -0.25) is 0 Å². The van der Waals surface area contributed by atoms with E-state index < -0.39 is 0 Å². The van der Waals surface area contributed by atoms with Crippen LogP contribution in [-0.2, 0) is 6.42 Å². The number of hydrogen-bond acceptors (Lipinski definition) is 2. The van der Waals surface area contributed by atoms with Crippen molar-refractivity contribution in [1.29, 1.82) is 0 Å². The van der Waals surface area contributed by atoms with Gasteiger partial charge in [-0.15, -0.1) is 0 Å². The molecule has 2 rings (SSSR count). The first-order chi connectivity index (χ1) is 6.81. The van der Waals surface area contributed by atoms with Gasteiger partial charge in [-0.1, -0.05) is 12.1 Å². The predicted molar refractivity (Wildman–Crippen MR) is 56.2 cm³/mol. The van der Waals surface area contributed by atoms with Crippen molar-refractivity contribution in [1.82, 2.24) is 9.97 Å². The Morgan fingerprint density at radius 2 is 2.29 bits per heavy atom. The summed E-state index contributed by atoms with van der Waals surface area (Å²) in [7, 11) is 0. The molecule has 0 saturated carbocycles. The zero-order valence-electron chi connectivity index (χ0n) is 8.25. The highest BCUT2D eigenvalue weighted by Gasteiger charge is 2.03. The van der Waals surface area contributed by atoms with Gasteiger partial charge in [0.15, 0.2) is 0 Å². The number of para-hydroxylation sites is 1. The van der Waals surface area contributed by atoms with Gasteiger partial charge in [-0.05, 0) is 25.0 Å². The van der Waals surface area contributed by atoms with E-state index >= 15 is 0 Å². The summed E-state index contributed by atoms with van der Waals surface area (Å²) in [5.74, 6) is 0.961. The first kappa shape index (κ1) is 9.21.